The summed E-state index contributed by atoms with van der Waals surface area (Å²) in [5, 5.41) is 2.14. The van der Waals surface area contributed by atoms with Crippen LogP contribution in [0.15, 0.2) is 18.2 Å². The van der Waals surface area contributed by atoms with Crippen LogP contribution in [0.1, 0.15) is 13.3 Å². The molecule has 1 aliphatic heterocycles. The third-order valence-corrected chi connectivity index (χ3v) is 2.77. The van der Waals surface area contributed by atoms with E-state index in [1.165, 1.54) is 0 Å². The van der Waals surface area contributed by atoms with Gasteiger partial charge in [-0.25, -0.2) is 5.01 Å². The van der Waals surface area contributed by atoms with Gasteiger partial charge in [0.2, 0.25) is 0 Å². The van der Waals surface area contributed by atoms with Crippen molar-refractivity contribution in [2.75, 3.05) is 44.1 Å². The number of nitrogens with zero attached hydrogens (tertiary/aromatic N) is 1. The van der Waals surface area contributed by atoms with E-state index in [9.17, 15) is 0 Å². The lowest BCUT2D eigenvalue weighted by atomic mass is 10.2. The molecule has 0 bridgehead atoms. The van der Waals surface area contributed by atoms with E-state index in [2.05, 4.69) is 17.4 Å². The van der Waals surface area contributed by atoms with Gasteiger partial charge < -0.3 is 20.6 Å². The van der Waals surface area contributed by atoms with Crippen molar-refractivity contribution >= 4 is 11.4 Å². The van der Waals surface area contributed by atoms with Crippen molar-refractivity contribution in [3.8, 4) is 5.75 Å². The van der Waals surface area contributed by atoms with Gasteiger partial charge in [0.25, 0.3) is 0 Å². The molecule has 0 aromatic heterocycles. The van der Waals surface area contributed by atoms with Gasteiger partial charge >= 0.3 is 0 Å². The number of hydrogen-bond acceptors (Lipinski definition) is 5. The first-order valence-corrected chi connectivity index (χ1v) is 6.41. The van der Waals surface area contributed by atoms with Gasteiger partial charge in [-0.05, 0) is 18.6 Å². The zero-order valence-electron chi connectivity index (χ0n) is 10.8. The minimum absolute atomic E-state index is 0.677. The molecule has 1 fully saturated rings. The molecule has 5 nitrogen and oxygen atoms in total. The van der Waals surface area contributed by atoms with E-state index in [1.807, 2.05) is 18.2 Å². The van der Waals surface area contributed by atoms with Crippen molar-refractivity contribution in [3.63, 3.8) is 0 Å². The summed E-state index contributed by atoms with van der Waals surface area (Å²) in [7, 11) is 0. The molecule has 5 heteroatoms. The number of nitrogen functional groups attached to an aromatic ring is 1. The number of morpholine rings is 1. The maximum absolute atomic E-state index is 5.88. The molecule has 18 heavy (non-hydrogen) atoms. The zero-order valence-corrected chi connectivity index (χ0v) is 10.8. The van der Waals surface area contributed by atoms with Crippen LogP contribution in [0.3, 0.4) is 0 Å². The number of hydrazine groups is 1. The van der Waals surface area contributed by atoms with E-state index in [4.69, 9.17) is 15.2 Å². The van der Waals surface area contributed by atoms with Crippen LogP contribution in [0, 0.1) is 0 Å². The molecule has 100 valence electrons. The van der Waals surface area contributed by atoms with Crippen LogP contribution in [0.25, 0.3) is 0 Å². The van der Waals surface area contributed by atoms with E-state index in [0.717, 1.165) is 44.2 Å². The number of anilines is 2. The third kappa shape index (κ3) is 3.51. The molecule has 3 N–H and O–H groups in total. The van der Waals surface area contributed by atoms with Crippen LogP contribution in [0.4, 0.5) is 11.4 Å². The van der Waals surface area contributed by atoms with Gasteiger partial charge in [-0.15, -0.1) is 0 Å². The van der Waals surface area contributed by atoms with Gasteiger partial charge in [0.1, 0.15) is 5.75 Å². The highest BCUT2D eigenvalue weighted by atomic mass is 16.5. The predicted molar refractivity (Wildman–Crippen MR) is 72.7 cm³/mol. The van der Waals surface area contributed by atoms with Gasteiger partial charge in [0, 0.05) is 19.2 Å². The van der Waals surface area contributed by atoms with Crippen LogP contribution >= 0.6 is 0 Å². The Morgan fingerprint density at radius 3 is 2.89 bits per heavy atom. The van der Waals surface area contributed by atoms with Crippen LogP contribution in [0.5, 0.6) is 5.75 Å². The second-order valence-corrected chi connectivity index (χ2v) is 4.31. The van der Waals surface area contributed by atoms with Crippen molar-refractivity contribution in [1.29, 1.82) is 0 Å². The zero-order chi connectivity index (χ0) is 12.8. The van der Waals surface area contributed by atoms with E-state index in [-0.39, 0.29) is 0 Å². The molecule has 0 saturated carbocycles. The van der Waals surface area contributed by atoms with Crippen molar-refractivity contribution in [2.24, 2.45) is 0 Å². The second-order valence-electron chi connectivity index (χ2n) is 4.31. The van der Waals surface area contributed by atoms with E-state index in [0.29, 0.717) is 12.3 Å². The summed E-state index contributed by atoms with van der Waals surface area (Å²) in [6.45, 7) is 6.06. The van der Waals surface area contributed by atoms with Crippen LogP contribution < -0.4 is 15.9 Å². The number of hydrogen-bond donors (Lipinski definition) is 2. The van der Waals surface area contributed by atoms with E-state index >= 15 is 0 Å². The average Bonchev–Trinajstić information content (AvgIpc) is 2.40. The summed E-state index contributed by atoms with van der Waals surface area (Å²) >= 11 is 0. The highest BCUT2D eigenvalue weighted by molar-refractivity contribution is 5.61. The first-order chi connectivity index (χ1) is 8.79. The number of nitrogens with two attached hydrogens (primary N) is 1. The van der Waals surface area contributed by atoms with Gasteiger partial charge in [-0.2, -0.15) is 0 Å². The van der Waals surface area contributed by atoms with Crippen LogP contribution in [-0.4, -0.2) is 37.9 Å². The van der Waals surface area contributed by atoms with E-state index in [1.54, 1.807) is 0 Å². The largest absolute Gasteiger partial charge is 0.491 e. The van der Waals surface area contributed by atoms with Crippen molar-refractivity contribution in [2.45, 2.75) is 13.3 Å². The molecule has 1 saturated heterocycles. The van der Waals surface area contributed by atoms with Gasteiger partial charge in [-0.3, -0.25) is 0 Å². The normalized spacial score (nSPS) is 16.5. The van der Waals surface area contributed by atoms with Crippen LogP contribution in [-0.2, 0) is 4.74 Å². The first kappa shape index (κ1) is 13.0. The van der Waals surface area contributed by atoms with Crippen LogP contribution in [0.2, 0.25) is 0 Å². The van der Waals surface area contributed by atoms with Crippen molar-refractivity contribution in [1.82, 2.24) is 5.01 Å². The minimum Gasteiger partial charge on any atom is -0.491 e. The molecular formula is C13H21N3O2. The minimum atomic E-state index is 0.677. The van der Waals surface area contributed by atoms with E-state index < -0.39 is 0 Å². The molecule has 0 amide bonds. The van der Waals surface area contributed by atoms with Crippen molar-refractivity contribution in [3.05, 3.63) is 18.2 Å². The Bertz CT molecular complexity index is 378. The molecule has 1 aliphatic rings. The first-order valence-electron chi connectivity index (χ1n) is 6.41. The Hall–Kier alpha value is -1.46. The van der Waals surface area contributed by atoms with Gasteiger partial charge in [0.05, 0.1) is 31.2 Å². The SMILES string of the molecule is CCCOc1cc(NN2CCOCC2)ccc1N. The fourth-order valence-corrected chi connectivity index (χ4v) is 1.80. The Balaban J connectivity index is 1.99. The maximum atomic E-state index is 5.88. The molecule has 1 aromatic carbocycles. The topological polar surface area (TPSA) is 59.8 Å². The summed E-state index contributed by atoms with van der Waals surface area (Å²) in [5.41, 5.74) is 10.9. The molecule has 1 aromatic rings. The summed E-state index contributed by atoms with van der Waals surface area (Å²) in [4.78, 5) is 0. The highest BCUT2D eigenvalue weighted by Gasteiger charge is 2.10. The predicted octanol–water partition coefficient (Wildman–Crippen LogP) is 1.72. The standard InChI is InChI=1S/C13H21N3O2/c1-2-7-18-13-10-11(3-4-12(13)14)15-16-5-8-17-9-6-16/h3-4,10,15H,2,5-9,14H2,1H3. The maximum Gasteiger partial charge on any atom is 0.144 e. The fraction of sp³-hybridized carbons (Fsp3) is 0.538. The molecular weight excluding hydrogens is 230 g/mol. The lowest BCUT2D eigenvalue weighted by Gasteiger charge is -2.28. The summed E-state index contributed by atoms with van der Waals surface area (Å²) in [6, 6.07) is 5.78. The summed E-state index contributed by atoms with van der Waals surface area (Å²) in [6.07, 6.45) is 0.973. The van der Waals surface area contributed by atoms with Gasteiger partial charge in [0.15, 0.2) is 0 Å². The summed E-state index contributed by atoms with van der Waals surface area (Å²) < 4.78 is 10.9. The molecule has 0 radical (unpaired) electrons. The second kappa shape index (κ2) is 6.47. The lowest BCUT2D eigenvalue weighted by Crippen LogP contribution is -2.40. The van der Waals surface area contributed by atoms with Gasteiger partial charge in [-0.1, -0.05) is 6.92 Å². The number of ether oxygens (including phenoxy) is 2. The number of nitrogens with one attached hydrogen (secondary N) is 1. The Morgan fingerprint density at radius 2 is 2.17 bits per heavy atom. The smallest absolute Gasteiger partial charge is 0.144 e. The molecule has 0 spiro atoms. The molecule has 2 rings (SSSR count). The number of benzene rings is 1. The third-order valence-electron chi connectivity index (χ3n) is 2.77. The number of rotatable bonds is 5. The molecule has 0 atom stereocenters. The summed E-state index contributed by atoms with van der Waals surface area (Å²) in [5.74, 6) is 0.745. The Labute approximate surface area is 108 Å². The lowest BCUT2D eigenvalue weighted by molar-refractivity contribution is 0.0497. The average molecular weight is 251 g/mol. The Morgan fingerprint density at radius 1 is 1.39 bits per heavy atom. The molecule has 1 heterocycles. The Kier molecular flexibility index (Phi) is 4.66. The molecule has 0 unspecified atom stereocenters. The highest BCUT2D eigenvalue weighted by Crippen LogP contribution is 2.26. The fourth-order valence-electron chi connectivity index (χ4n) is 1.80. The quantitative estimate of drug-likeness (QED) is 0.780. The molecule has 0 aliphatic carbocycles. The van der Waals surface area contributed by atoms with Crippen molar-refractivity contribution < 1.29 is 9.47 Å². The monoisotopic (exact) mass is 251 g/mol.